The Morgan fingerprint density at radius 2 is 1.69 bits per heavy atom. The minimum Gasteiger partial charge on any atom is -0.482 e. The van der Waals surface area contributed by atoms with E-state index in [1.54, 1.807) is 65.4 Å². The van der Waals surface area contributed by atoms with Gasteiger partial charge in [-0.2, -0.15) is 0 Å². The minimum atomic E-state index is -1.06. The van der Waals surface area contributed by atoms with Gasteiger partial charge >= 0.3 is 12.0 Å². The van der Waals surface area contributed by atoms with Gasteiger partial charge in [-0.05, 0) is 66.1 Å². The molecule has 8 heteroatoms. The van der Waals surface area contributed by atoms with Gasteiger partial charge in [-0.25, -0.2) is 9.59 Å². The molecule has 3 N–H and O–H groups in total. The molecule has 0 fully saturated rings. The molecule has 2 amide bonds. The van der Waals surface area contributed by atoms with Gasteiger partial charge in [-0.15, -0.1) is 0 Å². The predicted molar refractivity (Wildman–Crippen MR) is 139 cm³/mol. The number of aliphatic carboxylic acids is 1. The molecule has 0 aliphatic rings. The molecular weight excluding hydrogens is 458 g/mol. The molecule has 4 aromatic rings. The van der Waals surface area contributed by atoms with Crippen LogP contribution in [0.3, 0.4) is 0 Å². The Bertz CT molecular complexity index is 1440. The van der Waals surface area contributed by atoms with E-state index in [4.69, 9.17) is 9.84 Å². The third-order valence-electron chi connectivity index (χ3n) is 5.48. The van der Waals surface area contributed by atoms with Crippen LogP contribution in [0, 0.1) is 6.92 Å². The zero-order valence-electron chi connectivity index (χ0n) is 19.6. The molecule has 0 atom stereocenters. The van der Waals surface area contributed by atoms with Crippen molar-refractivity contribution in [1.29, 1.82) is 0 Å². The number of hydrogen-bond donors (Lipinski definition) is 3. The second-order valence-electron chi connectivity index (χ2n) is 8.16. The summed E-state index contributed by atoms with van der Waals surface area (Å²) in [5, 5.41) is 14.4. The van der Waals surface area contributed by atoms with Gasteiger partial charge in [0.15, 0.2) is 6.61 Å². The molecule has 0 bridgehead atoms. The number of carboxylic acid groups (broad SMARTS) is 1. The highest BCUT2D eigenvalue weighted by Gasteiger charge is 2.09. The standard InChI is InChI=1S/C28H25N3O5/c1-19-6-2-3-10-25(19)30-28(35)29-22-13-11-21(12-14-22)24-9-5-15-31(27(24)34)17-20-7-4-8-23(16-20)36-18-26(32)33/h2-16H,17-18H2,1H3,(H,32,33)(H2,29,30,35). The number of amides is 2. The summed E-state index contributed by atoms with van der Waals surface area (Å²) >= 11 is 0. The van der Waals surface area contributed by atoms with Crippen LogP contribution in [-0.4, -0.2) is 28.3 Å². The third kappa shape index (κ3) is 6.18. The molecule has 8 nitrogen and oxygen atoms in total. The van der Waals surface area contributed by atoms with Crippen molar-refractivity contribution < 1.29 is 19.4 Å². The van der Waals surface area contributed by atoms with Crippen LogP contribution in [-0.2, 0) is 11.3 Å². The SMILES string of the molecule is Cc1ccccc1NC(=O)Nc1ccc(-c2cccn(Cc3cccc(OCC(=O)O)c3)c2=O)cc1. The van der Waals surface area contributed by atoms with Crippen LogP contribution in [0.15, 0.2) is 95.9 Å². The van der Waals surface area contributed by atoms with Crippen LogP contribution in [0.25, 0.3) is 11.1 Å². The number of aryl methyl sites for hydroxylation is 1. The second kappa shape index (κ2) is 11.1. The van der Waals surface area contributed by atoms with Crippen LogP contribution in [0.1, 0.15) is 11.1 Å². The van der Waals surface area contributed by atoms with Crippen molar-refractivity contribution in [3.8, 4) is 16.9 Å². The first-order valence-electron chi connectivity index (χ1n) is 11.3. The van der Waals surface area contributed by atoms with Gasteiger partial charge in [0.25, 0.3) is 5.56 Å². The molecular formula is C28H25N3O5. The molecule has 1 heterocycles. The number of nitrogens with one attached hydrogen (secondary N) is 2. The number of pyridine rings is 1. The smallest absolute Gasteiger partial charge is 0.341 e. The fourth-order valence-electron chi connectivity index (χ4n) is 3.69. The predicted octanol–water partition coefficient (Wildman–Crippen LogP) is 4.98. The first-order chi connectivity index (χ1) is 17.4. The van der Waals surface area contributed by atoms with Gasteiger partial charge in [-0.3, -0.25) is 4.79 Å². The lowest BCUT2D eigenvalue weighted by molar-refractivity contribution is -0.139. The maximum atomic E-state index is 13.1. The van der Waals surface area contributed by atoms with E-state index < -0.39 is 12.6 Å². The van der Waals surface area contributed by atoms with E-state index in [1.807, 2.05) is 37.3 Å². The summed E-state index contributed by atoms with van der Waals surface area (Å²) < 4.78 is 6.80. The Labute approximate surface area is 207 Å². The number of urea groups is 1. The average molecular weight is 484 g/mol. The number of anilines is 2. The second-order valence-corrected chi connectivity index (χ2v) is 8.16. The van der Waals surface area contributed by atoms with Crippen LogP contribution >= 0.6 is 0 Å². The molecule has 0 spiro atoms. The molecule has 0 radical (unpaired) electrons. The first-order valence-corrected chi connectivity index (χ1v) is 11.3. The fourth-order valence-corrected chi connectivity index (χ4v) is 3.69. The van der Waals surface area contributed by atoms with Crippen LogP contribution < -0.4 is 20.9 Å². The lowest BCUT2D eigenvalue weighted by Gasteiger charge is -2.11. The summed E-state index contributed by atoms with van der Waals surface area (Å²) in [5.74, 6) is -0.633. The Morgan fingerprint density at radius 3 is 2.44 bits per heavy atom. The van der Waals surface area contributed by atoms with Gasteiger partial charge < -0.3 is 25.0 Å². The largest absolute Gasteiger partial charge is 0.482 e. The van der Waals surface area contributed by atoms with Crippen LogP contribution in [0.4, 0.5) is 16.2 Å². The van der Waals surface area contributed by atoms with Crippen molar-refractivity contribution in [2.75, 3.05) is 17.2 Å². The number of benzene rings is 3. The normalized spacial score (nSPS) is 10.5. The summed E-state index contributed by atoms with van der Waals surface area (Å²) in [6.45, 7) is 1.79. The van der Waals surface area contributed by atoms with E-state index >= 15 is 0 Å². The number of ether oxygens (including phenoxy) is 1. The Balaban J connectivity index is 1.46. The average Bonchev–Trinajstić information content (AvgIpc) is 2.86. The molecule has 0 aliphatic heterocycles. The summed E-state index contributed by atoms with van der Waals surface area (Å²) in [6, 6.07) is 24.7. The van der Waals surface area contributed by atoms with Crippen molar-refractivity contribution in [2.24, 2.45) is 0 Å². The fraction of sp³-hybridized carbons (Fsp3) is 0.107. The minimum absolute atomic E-state index is 0.174. The number of carbonyl (C=O) groups excluding carboxylic acids is 1. The Hall–Kier alpha value is -4.85. The van der Waals surface area contributed by atoms with Gasteiger partial charge in [0.2, 0.25) is 0 Å². The number of carbonyl (C=O) groups is 2. The van der Waals surface area contributed by atoms with Crippen molar-refractivity contribution in [3.63, 3.8) is 0 Å². The molecule has 0 saturated heterocycles. The lowest BCUT2D eigenvalue weighted by Crippen LogP contribution is -2.21. The molecule has 0 saturated carbocycles. The molecule has 4 rings (SSSR count). The molecule has 1 aromatic heterocycles. The van der Waals surface area contributed by atoms with Gasteiger partial charge in [-0.1, -0.05) is 42.5 Å². The quantitative estimate of drug-likeness (QED) is 0.327. The van der Waals surface area contributed by atoms with E-state index in [9.17, 15) is 14.4 Å². The van der Waals surface area contributed by atoms with E-state index in [2.05, 4.69) is 10.6 Å². The molecule has 3 aromatic carbocycles. The molecule has 0 unspecified atom stereocenters. The highest BCUT2D eigenvalue weighted by molar-refractivity contribution is 6.00. The van der Waals surface area contributed by atoms with Crippen molar-refractivity contribution in [1.82, 2.24) is 4.57 Å². The van der Waals surface area contributed by atoms with E-state index in [0.29, 0.717) is 23.5 Å². The topological polar surface area (TPSA) is 110 Å². The number of aromatic nitrogens is 1. The van der Waals surface area contributed by atoms with E-state index in [-0.39, 0.29) is 11.6 Å². The number of rotatable bonds is 8. The summed E-state index contributed by atoms with van der Waals surface area (Å²) in [7, 11) is 0. The van der Waals surface area contributed by atoms with Crippen LogP contribution in [0.2, 0.25) is 0 Å². The van der Waals surface area contributed by atoms with Gasteiger partial charge in [0.05, 0.1) is 6.54 Å². The molecule has 36 heavy (non-hydrogen) atoms. The van der Waals surface area contributed by atoms with Crippen molar-refractivity contribution in [2.45, 2.75) is 13.5 Å². The maximum absolute atomic E-state index is 13.1. The van der Waals surface area contributed by atoms with Crippen molar-refractivity contribution >= 4 is 23.4 Å². The Kier molecular flexibility index (Phi) is 7.45. The Morgan fingerprint density at radius 1 is 0.917 bits per heavy atom. The molecule has 182 valence electrons. The third-order valence-corrected chi connectivity index (χ3v) is 5.48. The van der Waals surface area contributed by atoms with E-state index in [0.717, 1.165) is 22.4 Å². The summed E-state index contributed by atoms with van der Waals surface area (Å²) in [4.78, 5) is 36.2. The molecule has 0 aliphatic carbocycles. The van der Waals surface area contributed by atoms with Gasteiger partial charge in [0, 0.05) is 23.1 Å². The first kappa shape index (κ1) is 24.3. The monoisotopic (exact) mass is 483 g/mol. The number of carboxylic acids is 1. The highest BCUT2D eigenvalue weighted by Crippen LogP contribution is 2.20. The number of hydrogen-bond acceptors (Lipinski definition) is 4. The van der Waals surface area contributed by atoms with E-state index in [1.165, 1.54) is 0 Å². The summed E-state index contributed by atoms with van der Waals surface area (Å²) in [6.07, 6.45) is 1.70. The number of para-hydroxylation sites is 1. The zero-order valence-corrected chi connectivity index (χ0v) is 19.6. The lowest BCUT2D eigenvalue weighted by atomic mass is 10.1. The highest BCUT2D eigenvalue weighted by atomic mass is 16.5. The van der Waals surface area contributed by atoms with Gasteiger partial charge in [0.1, 0.15) is 5.75 Å². The maximum Gasteiger partial charge on any atom is 0.341 e. The number of nitrogens with zero attached hydrogens (tertiary/aromatic N) is 1. The summed E-state index contributed by atoms with van der Waals surface area (Å²) in [5.41, 5.74) is 4.16. The van der Waals surface area contributed by atoms with Crippen LogP contribution in [0.5, 0.6) is 5.75 Å². The van der Waals surface area contributed by atoms with Crippen molar-refractivity contribution in [3.05, 3.63) is 113 Å². The zero-order chi connectivity index (χ0) is 25.5.